The molecular formula is C17H19NO3. The normalized spacial score (nSPS) is 21.3. The average molecular weight is 285 g/mol. The molecule has 2 unspecified atom stereocenters. The maximum absolute atomic E-state index is 11.9. The summed E-state index contributed by atoms with van der Waals surface area (Å²) in [7, 11) is 0. The van der Waals surface area contributed by atoms with Crippen molar-refractivity contribution in [3.63, 3.8) is 0 Å². The van der Waals surface area contributed by atoms with E-state index in [-0.39, 0.29) is 12.2 Å². The fraction of sp³-hybridized carbons (Fsp3) is 0.412. The molecule has 110 valence electrons. The second-order valence-electron chi connectivity index (χ2n) is 5.87. The number of carboxylic acid groups (broad SMARTS) is 1. The lowest BCUT2D eigenvalue weighted by Gasteiger charge is -2.29. The summed E-state index contributed by atoms with van der Waals surface area (Å²) in [5.74, 6) is -0.905. The van der Waals surface area contributed by atoms with Crippen LogP contribution in [0, 0.1) is 13.8 Å². The molecule has 0 spiro atoms. The van der Waals surface area contributed by atoms with Crippen LogP contribution in [0.2, 0.25) is 0 Å². The largest absolute Gasteiger partial charge is 0.478 e. The van der Waals surface area contributed by atoms with Gasteiger partial charge >= 0.3 is 5.97 Å². The monoisotopic (exact) mass is 285 g/mol. The lowest BCUT2D eigenvalue weighted by molar-refractivity contribution is -0.00662. The number of hydrogen-bond donors (Lipinski definition) is 1. The number of nitrogens with zero attached hydrogens (tertiary/aromatic N) is 1. The predicted octanol–water partition coefficient (Wildman–Crippen LogP) is 3.57. The molecule has 2 heterocycles. The molecule has 0 radical (unpaired) electrons. The Labute approximate surface area is 123 Å². The van der Waals surface area contributed by atoms with Crippen LogP contribution in [0.15, 0.2) is 12.1 Å². The van der Waals surface area contributed by atoms with Gasteiger partial charge in [0.25, 0.3) is 0 Å². The number of hydrogen-bond acceptors (Lipinski definition) is 3. The zero-order chi connectivity index (χ0) is 15.3. The van der Waals surface area contributed by atoms with Gasteiger partial charge in [-0.3, -0.25) is 4.98 Å². The second kappa shape index (κ2) is 4.81. The number of aromatic carboxylic acids is 1. The second-order valence-corrected chi connectivity index (χ2v) is 5.87. The first kappa shape index (κ1) is 14.0. The Bertz CT molecular complexity index is 752. The molecule has 0 amide bonds. The third-order valence-electron chi connectivity index (χ3n) is 4.20. The number of fused-ring (bicyclic) bond motifs is 2. The highest BCUT2D eigenvalue weighted by molar-refractivity contribution is 6.06. The molecule has 0 saturated carbocycles. The summed E-state index contributed by atoms with van der Waals surface area (Å²) in [4.78, 5) is 16.7. The van der Waals surface area contributed by atoms with E-state index in [0.717, 1.165) is 33.3 Å². The molecule has 0 saturated heterocycles. The van der Waals surface area contributed by atoms with Gasteiger partial charge in [0.1, 0.15) is 0 Å². The molecule has 2 aromatic rings. The molecule has 4 heteroatoms. The quantitative estimate of drug-likeness (QED) is 0.870. The average Bonchev–Trinajstić information content (AvgIpc) is 2.40. The summed E-state index contributed by atoms with van der Waals surface area (Å²) in [5, 5.41) is 10.5. The number of rotatable bonds is 1. The number of benzene rings is 1. The number of pyridine rings is 1. The van der Waals surface area contributed by atoms with E-state index in [0.29, 0.717) is 12.0 Å². The lowest BCUT2D eigenvalue weighted by Crippen LogP contribution is -2.26. The van der Waals surface area contributed by atoms with Gasteiger partial charge < -0.3 is 9.84 Å². The Morgan fingerprint density at radius 3 is 2.62 bits per heavy atom. The van der Waals surface area contributed by atoms with E-state index in [2.05, 4.69) is 0 Å². The van der Waals surface area contributed by atoms with Crippen LogP contribution in [-0.4, -0.2) is 22.2 Å². The molecule has 0 bridgehead atoms. The zero-order valence-corrected chi connectivity index (χ0v) is 12.7. The molecule has 21 heavy (non-hydrogen) atoms. The van der Waals surface area contributed by atoms with Crippen molar-refractivity contribution in [2.24, 2.45) is 0 Å². The first-order valence-electron chi connectivity index (χ1n) is 7.21. The van der Waals surface area contributed by atoms with Crippen molar-refractivity contribution < 1.29 is 14.6 Å². The predicted molar refractivity (Wildman–Crippen MR) is 80.8 cm³/mol. The molecule has 0 aliphatic carbocycles. The van der Waals surface area contributed by atoms with Crippen molar-refractivity contribution in [2.45, 2.75) is 46.3 Å². The van der Waals surface area contributed by atoms with Crippen LogP contribution in [0.3, 0.4) is 0 Å². The summed E-state index contributed by atoms with van der Waals surface area (Å²) >= 11 is 0. The third kappa shape index (κ3) is 2.10. The van der Waals surface area contributed by atoms with E-state index < -0.39 is 5.97 Å². The first-order chi connectivity index (χ1) is 9.90. The van der Waals surface area contributed by atoms with Crippen molar-refractivity contribution in [1.29, 1.82) is 0 Å². The molecular weight excluding hydrogens is 266 g/mol. The SMILES string of the molecule is Cc1ccc(C)c2c(C(=O)O)c3c(nc12)CC(C)OC3C. The van der Waals surface area contributed by atoms with E-state index in [1.807, 2.05) is 39.8 Å². The Kier molecular flexibility index (Phi) is 3.21. The van der Waals surface area contributed by atoms with Crippen LogP contribution < -0.4 is 0 Å². The van der Waals surface area contributed by atoms with Crippen molar-refractivity contribution in [1.82, 2.24) is 4.98 Å². The minimum atomic E-state index is -0.905. The summed E-state index contributed by atoms with van der Waals surface area (Å²) in [6, 6.07) is 3.95. The third-order valence-corrected chi connectivity index (χ3v) is 4.20. The summed E-state index contributed by atoms with van der Waals surface area (Å²) in [6.07, 6.45) is 0.472. The standard InChI is InChI=1S/C17H19NO3/c1-8-5-6-9(2)16-13(8)15(17(19)20)14-11(4)21-10(3)7-12(14)18-16/h5-6,10-11H,7H2,1-4H3,(H,19,20). The Morgan fingerprint density at radius 1 is 1.29 bits per heavy atom. The minimum absolute atomic E-state index is 0.0595. The topological polar surface area (TPSA) is 59.4 Å². The molecule has 1 aromatic heterocycles. The van der Waals surface area contributed by atoms with Gasteiger partial charge in [0.15, 0.2) is 0 Å². The summed E-state index contributed by atoms with van der Waals surface area (Å²) in [6.45, 7) is 7.80. The number of aryl methyl sites for hydroxylation is 2. The van der Waals surface area contributed by atoms with E-state index in [4.69, 9.17) is 9.72 Å². The maximum Gasteiger partial charge on any atom is 0.336 e. The Balaban J connectivity index is 2.48. The molecule has 1 aromatic carbocycles. The molecule has 0 fully saturated rings. The highest BCUT2D eigenvalue weighted by Gasteiger charge is 2.30. The number of carbonyl (C=O) groups is 1. The van der Waals surface area contributed by atoms with Crippen LogP contribution in [0.25, 0.3) is 10.9 Å². The summed E-state index contributed by atoms with van der Waals surface area (Å²) in [5.41, 5.74) is 4.70. The van der Waals surface area contributed by atoms with E-state index >= 15 is 0 Å². The number of ether oxygens (including phenoxy) is 1. The van der Waals surface area contributed by atoms with Crippen LogP contribution in [0.5, 0.6) is 0 Å². The van der Waals surface area contributed by atoms with Gasteiger partial charge in [-0.05, 0) is 38.8 Å². The number of carboxylic acids is 1. The van der Waals surface area contributed by atoms with Gasteiger partial charge in [-0.1, -0.05) is 12.1 Å². The molecule has 2 atom stereocenters. The minimum Gasteiger partial charge on any atom is -0.478 e. The lowest BCUT2D eigenvalue weighted by atomic mass is 9.90. The fourth-order valence-electron chi connectivity index (χ4n) is 3.28. The molecule has 4 nitrogen and oxygen atoms in total. The highest BCUT2D eigenvalue weighted by Crippen LogP contribution is 2.37. The van der Waals surface area contributed by atoms with Gasteiger partial charge in [-0.25, -0.2) is 4.79 Å². The van der Waals surface area contributed by atoms with Gasteiger partial charge in [-0.15, -0.1) is 0 Å². The molecule has 1 aliphatic heterocycles. The molecule has 1 aliphatic rings. The van der Waals surface area contributed by atoms with Crippen LogP contribution in [0.1, 0.15) is 52.7 Å². The van der Waals surface area contributed by atoms with Crippen LogP contribution >= 0.6 is 0 Å². The first-order valence-corrected chi connectivity index (χ1v) is 7.21. The van der Waals surface area contributed by atoms with Gasteiger partial charge in [0, 0.05) is 17.4 Å². The Hall–Kier alpha value is -1.94. The van der Waals surface area contributed by atoms with E-state index in [1.165, 1.54) is 0 Å². The summed E-state index contributed by atoms with van der Waals surface area (Å²) < 4.78 is 5.82. The number of aromatic nitrogens is 1. The molecule has 1 N–H and O–H groups in total. The smallest absolute Gasteiger partial charge is 0.336 e. The van der Waals surface area contributed by atoms with Gasteiger partial charge in [0.2, 0.25) is 0 Å². The van der Waals surface area contributed by atoms with Crippen molar-refractivity contribution in [3.8, 4) is 0 Å². The maximum atomic E-state index is 11.9. The van der Waals surface area contributed by atoms with Crippen LogP contribution in [-0.2, 0) is 11.2 Å². The van der Waals surface area contributed by atoms with E-state index in [9.17, 15) is 9.90 Å². The fourth-order valence-corrected chi connectivity index (χ4v) is 3.28. The van der Waals surface area contributed by atoms with Crippen LogP contribution in [0.4, 0.5) is 0 Å². The van der Waals surface area contributed by atoms with E-state index in [1.54, 1.807) is 0 Å². The Morgan fingerprint density at radius 2 is 1.95 bits per heavy atom. The highest BCUT2D eigenvalue weighted by atomic mass is 16.5. The van der Waals surface area contributed by atoms with Gasteiger partial charge in [-0.2, -0.15) is 0 Å². The van der Waals surface area contributed by atoms with Gasteiger partial charge in [0.05, 0.1) is 29.0 Å². The van der Waals surface area contributed by atoms with Crippen molar-refractivity contribution in [3.05, 3.63) is 40.1 Å². The van der Waals surface area contributed by atoms with Crippen molar-refractivity contribution in [2.75, 3.05) is 0 Å². The van der Waals surface area contributed by atoms with Crippen molar-refractivity contribution >= 4 is 16.9 Å². The molecule has 3 rings (SSSR count). The zero-order valence-electron chi connectivity index (χ0n) is 12.7.